The van der Waals surface area contributed by atoms with E-state index in [1.165, 1.54) is 12.3 Å². The molecule has 0 bridgehead atoms. The predicted octanol–water partition coefficient (Wildman–Crippen LogP) is -0.839. The molecule has 1 fully saturated rings. The van der Waals surface area contributed by atoms with Crippen LogP contribution in [-0.2, 0) is 9.59 Å². The molecular formula is C10H11N5O3. The Labute approximate surface area is 102 Å². The third-order valence-electron chi connectivity index (χ3n) is 2.45. The summed E-state index contributed by atoms with van der Waals surface area (Å²) in [5, 5.41) is 0.718. The van der Waals surface area contributed by atoms with E-state index in [1.807, 2.05) is 0 Å². The molecule has 8 nitrogen and oxygen atoms in total. The second-order valence-corrected chi connectivity index (χ2v) is 3.61. The number of hydrogen-bond donors (Lipinski definition) is 3. The average Bonchev–Trinajstić information content (AvgIpc) is 2.70. The Kier molecular flexibility index (Phi) is 3.20. The van der Waals surface area contributed by atoms with E-state index in [9.17, 15) is 14.4 Å². The molecule has 1 saturated heterocycles. The fourth-order valence-electron chi connectivity index (χ4n) is 1.57. The smallest absolute Gasteiger partial charge is 0.274 e. The standard InChI is InChI=1S/C10H11N5O3/c11-13-9-6(2-1-5-12-9)10(18)14-15-7(16)3-4-8(15)17/h1-2,5H,3-4,11H2,(H,12,13)(H,14,18). The summed E-state index contributed by atoms with van der Waals surface area (Å²) in [6.45, 7) is 0. The van der Waals surface area contributed by atoms with Gasteiger partial charge in [0.25, 0.3) is 5.91 Å². The summed E-state index contributed by atoms with van der Waals surface area (Å²) in [6, 6.07) is 3.02. The van der Waals surface area contributed by atoms with Crippen LogP contribution in [0.25, 0.3) is 0 Å². The van der Waals surface area contributed by atoms with Crippen molar-refractivity contribution in [1.29, 1.82) is 0 Å². The summed E-state index contributed by atoms with van der Waals surface area (Å²) in [7, 11) is 0. The van der Waals surface area contributed by atoms with Crippen molar-refractivity contribution in [1.82, 2.24) is 15.4 Å². The lowest BCUT2D eigenvalue weighted by atomic mass is 10.2. The molecule has 0 aromatic carbocycles. The summed E-state index contributed by atoms with van der Waals surface area (Å²) < 4.78 is 0. The second-order valence-electron chi connectivity index (χ2n) is 3.61. The third-order valence-corrected chi connectivity index (χ3v) is 2.45. The minimum Gasteiger partial charge on any atom is -0.308 e. The number of aromatic nitrogens is 1. The Balaban J connectivity index is 2.17. The molecule has 0 spiro atoms. The van der Waals surface area contributed by atoms with Crippen LogP contribution in [0.5, 0.6) is 0 Å². The minimum absolute atomic E-state index is 0.105. The zero-order valence-corrected chi connectivity index (χ0v) is 9.34. The number of nitrogen functional groups attached to an aromatic ring is 1. The number of hydrazine groups is 2. The first-order valence-electron chi connectivity index (χ1n) is 5.22. The number of carbonyl (C=O) groups is 3. The van der Waals surface area contributed by atoms with Crippen LogP contribution in [0.4, 0.5) is 5.82 Å². The van der Waals surface area contributed by atoms with Crippen molar-refractivity contribution in [2.75, 3.05) is 5.43 Å². The number of nitrogens with zero attached hydrogens (tertiary/aromatic N) is 2. The summed E-state index contributed by atoms with van der Waals surface area (Å²) in [5.74, 6) is 3.89. The maximum atomic E-state index is 11.9. The highest BCUT2D eigenvalue weighted by Gasteiger charge is 2.31. The lowest BCUT2D eigenvalue weighted by molar-refractivity contribution is -0.141. The molecule has 4 N–H and O–H groups in total. The van der Waals surface area contributed by atoms with Crippen LogP contribution in [0.2, 0.25) is 0 Å². The highest BCUT2D eigenvalue weighted by atomic mass is 16.2. The van der Waals surface area contributed by atoms with E-state index in [0.29, 0.717) is 0 Å². The number of pyridine rings is 1. The fraction of sp³-hybridized carbons (Fsp3) is 0.200. The van der Waals surface area contributed by atoms with Crippen molar-refractivity contribution in [2.24, 2.45) is 5.84 Å². The number of carbonyl (C=O) groups excluding carboxylic acids is 3. The van der Waals surface area contributed by atoms with Gasteiger partial charge in [-0.05, 0) is 12.1 Å². The first kappa shape index (κ1) is 12.0. The number of imide groups is 1. The summed E-state index contributed by atoms with van der Waals surface area (Å²) in [4.78, 5) is 38.4. The maximum absolute atomic E-state index is 11.9. The van der Waals surface area contributed by atoms with E-state index in [0.717, 1.165) is 5.01 Å². The van der Waals surface area contributed by atoms with Crippen molar-refractivity contribution in [3.63, 3.8) is 0 Å². The lowest BCUT2D eigenvalue weighted by Crippen LogP contribution is -2.45. The molecule has 2 heterocycles. The zero-order valence-electron chi connectivity index (χ0n) is 9.34. The molecule has 0 radical (unpaired) electrons. The third kappa shape index (κ3) is 2.13. The van der Waals surface area contributed by atoms with Gasteiger partial charge in [-0.1, -0.05) is 0 Å². The van der Waals surface area contributed by atoms with Crippen LogP contribution < -0.4 is 16.7 Å². The van der Waals surface area contributed by atoms with E-state index in [4.69, 9.17) is 5.84 Å². The average molecular weight is 249 g/mol. The van der Waals surface area contributed by atoms with Gasteiger partial charge in [-0.25, -0.2) is 10.8 Å². The topological polar surface area (TPSA) is 117 Å². The molecular weight excluding hydrogens is 238 g/mol. The number of nitrogens with one attached hydrogen (secondary N) is 2. The van der Waals surface area contributed by atoms with E-state index in [1.54, 1.807) is 6.07 Å². The van der Waals surface area contributed by atoms with Gasteiger partial charge >= 0.3 is 0 Å². The van der Waals surface area contributed by atoms with Crippen LogP contribution in [0.1, 0.15) is 23.2 Å². The first-order chi connectivity index (χ1) is 8.63. The van der Waals surface area contributed by atoms with Crippen LogP contribution in [0.3, 0.4) is 0 Å². The Bertz CT molecular complexity index is 500. The molecule has 0 atom stereocenters. The predicted molar refractivity (Wildman–Crippen MR) is 60.6 cm³/mol. The number of hydrogen-bond acceptors (Lipinski definition) is 6. The number of amides is 3. The molecule has 18 heavy (non-hydrogen) atoms. The molecule has 0 aliphatic carbocycles. The first-order valence-corrected chi connectivity index (χ1v) is 5.22. The molecule has 3 amide bonds. The van der Waals surface area contributed by atoms with Crippen molar-refractivity contribution >= 4 is 23.5 Å². The molecule has 1 aromatic rings. The monoisotopic (exact) mass is 249 g/mol. The van der Waals surface area contributed by atoms with Crippen LogP contribution in [-0.4, -0.2) is 27.7 Å². The Morgan fingerprint density at radius 1 is 1.33 bits per heavy atom. The van der Waals surface area contributed by atoms with E-state index in [2.05, 4.69) is 15.8 Å². The SMILES string of the molecule is NNc1ncccc1C(=O)NN1C(=O)CCC1=O. The van der Waals surface area contributed by atoms with Crippen LogP contribution in [0, 0.1) is 0 Å². The second kappa shape index (κ2) is 4.80. The number of anilines is 1. The van der Waals surface area contributed by atoms with Crippen molar-refractivity contribution in [2.45, 2.75) is 12.8 Å². The number of rotatable bonds is 3. The molecule has 1 aliphatic rings. The van der Waals surface area contributed by atoms with E-state index < -0.39 is 17.7 Å². The zero-order chi connectivity index (χ0) is 13.1. The Morgan fingerprint density at radius 2 is 2.00 bits per heavy atom. The van der Waals surface area contributed by atoms with Crippen molar-refractivity contribution < 1.29 is 14.4 Å². The van der Waals surface area contributed by atoms with Crippen LogP contribution in [0.15, 0.2) is 18.3 Å². The highest BCUT2D eigenvalue weighted by molar-refractivity contribution is 6.06. The Morgan fingerprint density at radius 3 is 2.61 bits per heavy atom. The van der Waals surface area contributed by atoms with Gasteiger partial charge in [-0.2, -0.15) is 5.01 Å². The summed E-state index contributed by atoms with van der Waals surface area (Å²) in [5.41, 5.74) is 4.64. The highest BCUT2D eigenvalue weighted by Crippen LogP contribution is 2.12. The molecule has 2 rings (SSSR count). The van der Waals surface area contributed by atoms with Crippen LogP contribution >= 0.6 is 0 Å². The number of nitrogens with two attached hydrogens (primary N) is 1. The largest absolute Gasteiger partial charge is 0.308 e. The quantitative estimate of drug-likeness (QED) is 0.365. The van der Waals surface area contributed by atoms with Gasteiger partial charge in [0.05, 0.1) is 5.56 Å². The summed E-state index contributed by atoms with van der Waals surface area (Å²) in [6.07, 6.45) is 1.67. The van der Waals surface area contributed by atoms with Crippen molar-refractivity contribution in [3.8, 4) is 0 Å². The molecule has 94 valence electrons. The van der Waals surface area contributed by atoms with Gasteiger partial charge in [-0.15, -0.1) is 0 Å². The Hall–Kier alpha value is -2.48. The molecule has 1 aliphatic heterocycles. The molecule has 0 saturated carbocycles. The lowest BCUT2D eigenvalue weighted by Gasteiger charge is -2.15. The van der Waals surface area contributed by atoms with Crippen molar-refractivity contribution in [3.05, 3.63) is 23.9 Å². The van der Waals surface area contributed by atoms with Gasteiger partial charge in [0.15, 0.2) is 5.82 Å². The molecule has 8 heteroatoms. The summed E-state index contributed by atoms with van der Waals surface area (Å²) >= 11 is 0. The van der Waals surface area contributed by atoms with E-state index in [-0.39, 0.29) is 24.2 Å². The van der Waals surface area contributed by atoms with Gasteiger partial charge in [-0.3, -0.25) is 19.8 Å². The van der Waals surface area contributed by atoms with Gasteiger partial charge in [0.1, 0.15) is 0 Å². The van der Waals surface area contributed by atoms with E-state index >= 15 is 0 Å². The van der Waals surface area contributed by atoms with Gasteiger partial charge in [0, 0.05) is 19.0 Å². The molecule has 1 aromatic heterocycles. The van der Waals surface area contributed by atoms with Gasteiger partial charge < -0.3 is 5.43 Å². The minimum atomic E-state index is -0.625. The normalized spacial score (nSPS) is 14.8. The fourth-order valence-corrected chi connectivity index (χ4v) is 1.57. The molecule has 0 unspecified atom stereocenters. The van der Waals surface area contributed by atoms with Gasteiger partial charge in [0.2, 0.25) is 11.8 Å². The maximum Gasteiger partial charge on any atom is 0.274 e.